The van der Waals surface area contributed by atoms with E-state index in [-0.39, 0.29) is 0 Å². The van der Waals surface area contributed by atoms with Crippen molar-refractivity contribution in [2.75, 3.05) is 19.0 Å². The van der Waals surface area contributed by atoms with Crippen LogP contribution in [-0.2, 0) is 0 Å². The average Bonchev–Trinajstić information content (AvgIpc) is 2.89. The molecule has 13 heavy (non-hydrogen) atoms. The SMILES string of the molecule is CN(C)c1cc(OC2CC2)ccn1. The van der Waals surface area contributed by atoms with Crippen LogP contribution in [0.3, 0.4) is 0 Å². The van der Waals surface area contributed by atoms with Crippen LogP contribution in [0.25, 0.3) is 0 Å². The first-order chi connectivity index (χ1) is 6.25. The Morgan fingerprint density at radius 1 is 1.46 bits per heavy atom. The highest BCUT2D eigenvalue weighted by Gasteiger charge is 2.23. The Morgan fingerprint density at radius 2 is 2.23 bits per heavy atom. The summed E-state index contributed by atoms with van der Waals surface area (Å²) in [5, 5.41) is 0. The molecule has 0 spiro atoms. The minimum absolute atomic E-state index is 0.456. The van der Waals surface area contributed by atoms with Crippen molar-refractivity contribution in [1.82, 2.24) is 4.98 Å². The second-order valence-electron chi connectivity index (χ2n) is 3.56. The topological polar surface area (TPSA) is 25.4 Å². The number of rotatable bonds is 3. The fourth-order valence-corrected chi connectivity index (χ4v) is 1.10. The second kappa shape index (κ2) is 3.24. The zero-order valence-corrected chi connectivity index (χ0v) is 8.03. The summed E-state index contributed by atoms with van der Waals surface area (Å²) in [5.74, 6) is 1.87. The van der Waals surface area contributed by atoms with Gasteiger partial charge in [0, 0.05) is 26.4 Å². The number of ether oxygens (including phenoxy) is 1. The summed E-state index contributed by atoms with van der Waals surface area (Å²) < 4.78 is 5.65. The highest BCUT2D eigenvalue weighted by atomic mass is 16.5. The van der Waals surface area contributed by atoms with Crippen molar-refractivity contribution in [1.29, 1.82) is 0 Å². The molecule has 1 aliphatic carbocycles. The molecule has 2 rings (SSSR count). The molecule has 0 amide bonds. The van der Waals surface area contributed by atoms with Gasteiger partial charge in [0.2, 0.25) is 0 Å². The van der Waals surface area contributed by atoms with Gasteiger partial charge in [-0.1, -0.05) is 0 Å². The van der Waals surface area contributed by atoms with E-state index in [9.17, 15) is 0 Å². The largest absolute Gasteiger partial charge is 0.490 e. The van der Waals surface area contributed by atoms with Gasteiger partial charge in [0.1, 0.15) is 11.6 Å². The van der Waals surface area contributed by atoms with E-state index in [1.807, 2.05) is 31.1 Å². The average molecular weight is 178 g/mol. The monoisotopic (exact) mass is 178 g/mol. The molecule has 3 nitrogen and oxygen atoms in total. The van der Waals surface area contributed by atoms with Gasteiger partial charge in [-0.3, -0.25) is 0 Å². The molecule has 0 bridgehead atoms. The summed E-state index contributed by atoms with van der Waals surface area (Å²) in [4.78, 5) is 6.18. The quantitative estimate of drug-likeness (QED) is 0.704. The number of nitrogens with zero attached hydrogens (tertiary/aromatic N) is 2. The number of hydrogen-bond donors (Lipinski definition) is 0. The molecule has 1 aromatic heterocycles. The Morgan fingerprint density at radius 3 is 2.85 bits per heavy atom. The zero-order valence-electron chi connectivity index (χ0n) is 8.03. The van der Waals surface area contributed by atoms with Crippen LogP contribution in [0.2, 0.25) is 0 Å². The van der Waals surface area contributed by atoms with Crippen molar-refractivity contribution in [3.8, 4) is 5.75 Å². The Balaban J connectivity index is 2.11. The highest BCUT2D eigenvalue weighted by molar-refractivity contribution is 5.42. The summed E-state index contributed by atoms with van der Waals surface area (Å²) in [6, 6.07) is 3.88. The van der Waals surface area contributed by atoms with Crippen molar-refractivity contribution in [2.24, 2.45) is 0 Å². The molecule has 1 fully saturated rings. The van der Waals surface area contributed by atoms with Crippen LogP contribution in [0.15, 0.2) is 18.3 Å². The van der Waals surface area contributed by atoms with E-state index < -0.39 is 0 Å². The molecule has 3 heteroatoms. The molecule has 1 aliphatic rings. The van der Waals surface area contributed by atoms with Gasteiger partial charge in [0.25, 0.3) is 0 Å². The summed E-state index contributed by atoms with van der Waals surface area (Å²) in [7, 11) is 3.95. The third-order valence-electron chi connectivity index (χ3n) is 2.00. The van der Waals surface area contributed by atoms with E-state index in [2.05, 4.69) is 4.98 Å². The fourth-order valence-electron chi connectivity index (χ4n) is 1.10. The summed E-state index contributed by atoms with van der Waals surface area (Å²) in [6.45, 7) is 0. The normalized spacial score (nSPS) is 15.5. The Labute approximate surface area is 78.3 Å². The summed E-state index contributed by atoms with van der Waals surface area (Å²) in [5.41, 5.74) is 0. The maximum absolute atomic E-state index is 5.65. The number of hydrogen-bond acceptors (Lipinski definition) is 3. The molecule has 1 saturated carbocycles. The van der Waals surface area contributed by atoms with Gasteiger partial charge in [0.15, 0.2) is 0 Å². The van der Waals surface area contributed by atoms with Crippen LogP contribution in [0.5, 0.6) is 5.75 Å². The number of aromatic nitrogens is 1. The van der Waals surface area contributed by atoms with Crippen molar-refractivity contribution in [3.63, 3.8) is 0 Å². The first kappa shape index (κ1) is 8.35. The van der Waals surface area contributed by atoms with Gasteiger partial charge >= 0.3 is 0 Å². The zero-order chi connectivity index (χ0) is 9.26. The van der Waals surface area contributed by atoms with E-state index in [1.165, 1.54) is 12.8 Å². The van der Waals surface area contributed by atoms with Gasteiger partial charge in [0.05, 0.1) is 6.10 Å². The number of anilines is 1. The van der Waals surface area contributed by atoms with Crippen molar-refractivity contribution in [3.05, 3.63) is 18.3 Å². The van der Waals surface area contributed by atoms with Gasteiger partial charge in [-0.15, -0.1) is 0 Å². The predicted molar refractivity (Wildman–Crippen MR) is 52.2 cm³/mol. The smallest absolute Gasteiger partial charge is 0.131 e. The summed E-state index contributed by atoms with van der Waals surface area (Å²) in [6.07, 6.45) is 4.63. The molecule has 0 aromatic carbocycles. The van der Waals surface area contributed by atoms with E-state index >= 15 is 0 Å². The minimum Gasteiger partial charge on any atom is -0.490 e. The molecular weight excluding hydrogens is 164 g/mol. The Bertz CT molecular complexity index is 295. The lowest BCUT2D eigenvalue weighted by Crippen LogP contribution is -2.10. The first-order valence-electron chi connectivity index (χ1n) is 4.56. The second-order valence-corrected chi connectivity index (χ2v) is 3.56. The maximum atomic E-state index is 5.65. The molecule has 0 unspecified atom stereocenters. The number of pyridine rings is 1. The third kappa shape index (κ3) is 2.11. The molecule has 0 N–H and O–H groups in total. The third-order valence-corrected chi connectivity index (χ3v) is 2.00. The van der Waals surface area contributed by atoms with Crippen molar-refractivity contribution < 1.29 is 4.74 Å². The minimum atomic E-state index is 0.456. The molecule has 1 aromatic rings. The standard InChI is InChI=1S/C10H14N2O/c1-12(2)10-7-9(5-6-11-10)13-8-3-4-8/h5-8H,3-4H2,1-2H3. The molecular formula is C10H14N2O. The molecule has 70 valence electrons. The van der Waals surface area contributed by atoms with Gasteiger partial charge in [-0.05, 0) is 18.9 Å². The molecule has 0 atom stereocenters. The van der Waals surface area contributed by atoms with Crippen LogP contribution in [-0.4, -0.2) is 25.2 Å². The Kier molecular flexibility index (Phi) is 2.08. The van der Waals surface area contributed by atoms with Crippen LogP contribution in [0.4, 0.5) is 5.82 Å². The summed E-state index contributed by atoms with van der Waals surface area (Å²) >= 11 is 0. The highest BCUT2D eigenvalue weighted by Crippen LogP contribution is 2.27. The van der Waals surface area contributed by atoms with E-state index in [0.29, 0.717) is 6.10 Å². The molecule has 0 saturated heterocycles. The lowest BCUT2D eigenvalue weighted by Gasteiger charge is -2.12. The lowest BCUT2D eigenvalue weighted by atomic mass is 10.4. The molecule has 1 heterocycles. The first-order valence-corrected chi connectivity index (χ1v) is 4.56. The van der Waals surface area contributed by atoms with Gasteiger partial charge in [-0.2, -0.15) is 0 Å². The van der Waals surface area contributed by atoms with Crippen LogP contribution in [0, 0.1) is 0 Å². The van der Waals surface area contributed by atoms with Crippen molar-refractivity contribution >= 4 is 5.82 Å². The fraction of sp³-hybridized carbons (Fsp3) is 0.500. The molecule has 0 aliphatic heterocycles. The van der Waals surface area contributed by atoms with Gasteiger partial charge in [-0.25, -0.2) is 4.98 Å². The van der Waals surface area contributed by atoms with Crippen LogP contribution < -0.4 is 9.64 Å². The molecule has 0 radical (unpaired) electrons. The van der Waals surface area contributed by atoms with E-state index in [4.69, 9.17) is 4.74 Å². The Hall–Kier alpha value is -1.25. The maximum Gasteiger partial charge on any atom is 0.131 e. The predicted octanol–water partition coefficient (Wildman–Crippen LogP) is 1.69. The van der Waals surface area contributed by atoms with Crippen LogP contribution in [0.1, 0.15) is 12.8 Å². The lowest BCUT2D eigenvalue weighted by molar-refractivity contribution is 0.303. The van der Waals surface area contributed by atoms with Crippen LogP contribution >= 0.6 is 0 Å². The van der Waals surface area contributed by atoms with E-state index in [0.717, 1.165) is 11.6 Å². The van der Waals surface area contributed by atoms with Crippen molar-refractivity contribution in [2.45, 2.75) is 18.9 Å². The van der Waals surface area contributed by atoms with E-state index in [1.54, 1.807) is 6.20 Å². The van der Waals surface area contributed by atoms with Gasteiger partial charge < -0.3 is 9.64 Å².